The molecule has 0 saturated heterocycles. The second-order valence-corrected chi connectivity index (χ2v) is 4.83. The van der Waals surface area contributed by atoms with Gasteiger partial charge in [0.15, 0.2) is 0 Å². The fourth-order valence-corrected chi connectivity index (χ4v) is 2.13. The molecule has 0 unspecified atom stereocenters. The van der Waals surface area contributed by atoms with E-state index in [1.807, 2.05) is 38.1 Å². The highest BCUT2D eigenvalue weighted by atomic mass is 35.5. The normalized spacial score (nSPS) is 18.6. The van der Waals surface area contributed by atoms with E-state index in [4.69, 9.17) is 23.8 Å². The van der Waals surface area contributed by atoms with E-state index in [0.717, 1.165) is 11.3 Å². The molecule has 1 N–H and O–H groups in total. The van der Waals surface area contributed by atoms with Crippen LogP contribution in [0, 0.1) is 0 Å². The molecule has 0 radical (unpaired) electrons. The van der Waals surface area contributed by atoms with Gasteiger partial charge in [-0.3, -0.25) is 4.99 Å². The molecular weight excluding hydrogens is 228 g/mol. The van der Waals surface area contributed by atoms with Crippen molar-refractivity contribution >= 4 is 34.5 Å². The molecular formula is C11H11ClN2S. The van der Waals surface area contributed by atoms with Gasteiger partial charge in [-0.15, -0.1) is 0 Å². The van der Waals surface area contributed by atoms with Gasteiger partial charge in [-0.25, -0.2) is 0 Å². The summed E-state index contributed by atoms with van der Waals surface area (Å²) >= 11 is 11.2. The van der Waals surface area contributed by atoms with E-state index in [1.165, 1.54) is 0 Å². The molecule has 0 spiro atoms. The third-order valence-corrected chi connectivity index (χ3v) is 2.65. The van der Waals surface area contributed by atoms with Crippen LogP contribution in [0.4, 0.5) is 0 Å². The minimum Gasteiger partial charge on any atom is -0.351 e. The summed E-state index contributed by atoms with van der Waals surface area (Å²) in [5.41, 5.74) is 1.47. The van der Waals surface area contributed by atoms with E-state index >= 15 is 0 Å². The number of hydrogen-bond acceptors (Lipinski definition) is 2. The summed E-state index contributed by atoms with van der Waals surface area (Å²) in [5.74, 6) is 0. The van der Waals surface area contributed by atoms with Crippen molar-refractivity contribution in [3.8, 4) is 0 Å². The number of nitrogens with one attached hydrogen (secondary N) is 1. The Balaban J connectivity index is 2.44. The lowest BCUT2D eigenvalue weighted by Gasteiger charge is -2.13. The maximum atomic E-state index is 5.92. The minimum absolute atomic E-state index is 0.311. The lowest BCUT2D eigenvalue weighted by molar-refractivity contribution is 0.506. The average molecular weight is 239 g/mol. The molecule has 2 rings (SSSR count). The zero-order valence-corrected chi connectivity index (χ0v) is 10.1. The van der Waals surface area contributed by atoms with Gasteiger partial charge in [0.2, 0.25) is 0 Å². The fourth-order valence-electron chi connectivity index (χ4n) is 1.53. The first-order chi connectivity index (χ1) is 6.98. The van der Waals surface area contributed by atoms with Crippen molar-refractivity contribution in [2.75, 3.05) is 0 Å². The molecule has 15 heavy (non-hydrogen) atoms. The third kappa shape index (κ3) is 2.19. The van der Waals surface area contributed by atoms with E-state index in [2.05, 4.69) is 10.3 Å². The van der Waals surface area contributed by atoms with Crippen LogP contribution in [0.15, 0.2) is 29.3 Å². The van der Waals surface area contributed by atoms with Crippen LogP contribution in [0.5, 0.6) is 0 Å². The number of thiocarbonyl (C=S) groups is 1. The molecule has 0 aliphatic carbocycles. The molecule has 0 amide bonds. The van der Waals surface area contributed by atoms with E-state index in [0.29, 0.717) is 10.0 Å². The van der Waals surface area contributed by atoms with Gasteiger partial charge in [-0.2, -0.15) is 0 Å². The number of nitrogens with zero attached hydrogens (tertiary/aromatic N) is 1. The van der Waals surface area contributed by atoms with Crippen LogP contribution in [-0.4, -0.2) is 16.4 Å². The predicted molar refractivity (Wildman–Crippen MR) is 67.8 cm³/mol. The zero-order chi connectivity index (χ0) is 11.1. The summed E-state index contributed by atoms with van der Waals surface area (Å²) in [6.07, 6.45) is 0. The first kappa shape index (κ1) is 10.6. The van der Waals surface area contributed by atoms with Crippen LogP contribution in [0.25, 0.3) is 0 Å². The number of aliphatic imine (C=N–C) groups is 1. The van der Waals surface area contributed by atoms with E-state index in [-0.39, 0.29) is 5.66 Å². The lowest BCUT2D eigenvalue weighted by atomic mass is 10.1. The Morgan fingerprint density at radius 2 is 2.13 bits per heavy atom. The Labute approximate surface area is 99.4 Å². The average Bonchev–Trinajstić information content (AvgIpc) is 2.40. The summed E-state index contributed by atoms with van der Waals surface area (Å²) < 4.78 is 0. The van der Waals surface area contributed by atoms with Gasteiger partial charge in [0, 0.05) is 10.6 Å². The van der Waals surface area contributed by atoms with Crippen molar-refractivity contribution in [2.45, 2.75) is 19.5 Å². The molecule has 78 valence electrons. The minimum atomic E-state index is -0.311. The second kappa shape index (κ2) is 3.58. The van der Waals surface area contributed by atoms with Crippen molar-refractivity contribution in [3.05, 3.63) is 34.9 Å². The third-order valence-electron chi connectivity index (χ3n) is 2.12. The molecule has 0 bridgehead atoms. The van der Waals surface area contributed by atoms with Crippen LogP contribution >= 0.6 is 23.8 Å². The van der Waals surface area contributed by atoms with Gasteiger partial charge in [0.05, 0.1) is 0 Å². The Morgan fingerprint density at radius 3 is 2.67 bits per heavy atom. The van der Waals surface area contributed by atoms with Crippen LogP contribution in [-0.2, 0) is 0 Å². The standard InChI is InChI=1S/C11H11ClN2S/c1-11(2)13-9(10(15)14-11)7-4-3-5-8(12)6-7/h3-6H,1-2H3,(H,14,15). The number of hydrogen-bond donors (Lipinski definition) is 1. The van der Waals surface area contributed by atoms with Crippen LogP contribution in [0.1, 0.15) is 19.4 Å². The van der Waals surface area contributed by atoms with Crippen molar-refractivity contribution in [1.29, 1.82) is 0 Å². The molecule has 0 aromatic heterocycles. The molecule has 4 heteroatoms. The number of benzene rings is 1. The zero-order valence-electron chi connectivity index (χ0n) is 8.54. The molecule has 1 aliphatic rings. The Morgan fingerprint density at radius 1 is 1.40 bits per heavy atom. The van der Waals surface area contributed by atoms with Gasteiger partial charge < -0.3 is 5.32 Å². The molecule has 1 aromatic rings. The quantitative estimate of drug-likeness (QED) is 0.761. The highest BCUT2D eigenvalue weighted by molar-refractivity contribution is 7.82. The highest BCUT2D eigenvalue weighted by Crippen LogP contribution is 2.19. The number of rotatable bonds is 1. The van der Waals surface area contributed by atoms with Crippen LogP contribution in [0.3, 0.4) is 0 Å². The van der Waals surface area contributed by atoms with Gasteiger partial charge in [-0.1, -0.05) is 36.0 Å². The number of halogens is 1. The second-order valence-electron chi connectivity index (χ2n) is 3.98. The lowest BCUT2D eigenvalue weighted by Crippen LogP contribution is -2.35. The maximum Gasteiger partial charge on any atom is 0.127 e. The van der Waals surface area contributed by atoms with E-state index in [9.17, 15) is 0 Å². The van der Waals surface area contributed by atoms with Crippen LogP contribution in [0.2, 0.25) is 5.02 Å². The highest BCUT2D eigenvalue weighted by Gasteiger charge is 2.28. The van der Waals surface area contributed by atoms with Crippen LogP contribution < -0.4 is 5.32 Å². The summed E-state index contributed by atoms with van der Waals surface area (Å²) in [7, 11) is 0. The molecule has 1 heterocycles. The monoisotopic (exact) mass is 238 g/mol. The fraction of sp³-hybridized carbons (Fsp3) is 0.273. The van der Waals surface area contributed by atoms with E-state index in [1.54, 1.807) is 0 Å². The summed E-state index contributed by atoms with van der Waals surface area (Å²) in [4.78, 5) is 5.20. The Kier molecular flexibility index (Phi) is 2.52. The molecule has 0 atom stereocenters. The molecule has 0 saturated carbocycles. The summed E-state index contributed by atoms with van der Waals surface area (Å²) in [6, 6.07) is 7.56. The Bertz CT molecular complexity index is 452. The summed E-state index contributed by atoms with van der Waals surface area (Å²) in [6.45, 7) is 3.97. The van der Waals surface area contributed by atoms with Gasteiger partial charge in [0.1, 0.15) is 16.4 Å². The molecule has 2 nitrogen and oxygen atoms in total. The van der Waals surface area contributed by atoms with Gasteiger partial charge in [-0.05, 0) is 26.0 Å². The van der Waals surface area contributed by atoms with Crippen molar-refractivity contribution in [2.24, 2.45) is 4.99 Å². The molecule has 1 aliphatic heterocycles. The smallest absolute Gasteiger partial charge is 0.127 e. The largest absolute Gasteiger partial charge is 0.351 e. The topological polar surface area (TPSA) is 24.4 Å². The Hall–Kier alpha value is -0.930. The van der Waals surface area contributed by atoms with Gasteiger partial charge >= 0.3 is 0 Å². The molecule has 0 fully saturated rings. The summed E-state index contributed by atoms with van der Waals surface area (Å²) in [5, 5.41) is 3.84. The maximum absolute atomic E-state index is 5.92. The van der Waals surface area contributed by atoms with Gasteiger partial charge in [0.25, 0.3) is 0 Å². The molecule has 1 aromatic carbocycles. The van der Waals surface area contributed by atoms with Crippen molar-refractivity contribution in [1.82, 2.24) is 5.32 Å². The van der Waals surface area contributed by atoms with Crippen molar-refractivity contribution in [3.63, 3.8) is 0 Å². The SMILES string of the molecule is CC1(C)N=C(c2cccc(Cl)c2)C(=S)N1. The first-order valence-electron chi connectivity index (χ1n) is 4.66. The van der Waals surface area contributed by atoms with Crippen molar-refractivity contribution < 1.29 is 0 Å². The van der Waals surface area contributed by atoms with E-state index < -0.39 is 0 Å². The first-order valence-corrected chi connectivity index (χ1v) is 5.45. The predicted octanol–water partition coefficient (Wildman–Crippen LogP) is 2.80.